The third kappa shape index (κ3) is 5.14. The van der Waals surface area contributed by atoms with Gasteiger partial charge in [-0.15, -0.1) is 0 Å². The number of nitrogens with one attached hydrogen (secondary N) is 1. The summed E-state index contributed by atoms with van der Waals surface area (Å²) in [5.41, 5.74) is 5.32. The zero-order chi connectivity index (χ0) is 24.1. The molecule has 34 heavy (non-hydrogen) atoms. The normalized spacial score (nSPS) is 12.7. The number of carbonyl (C=O) groups excluding carboxylic acids is 2. The molecule has 7 nitrogen and oxygen atoms in total. The summed E-state index contributed by atoms with van der Waals surface area (Å²) in [5.74, 6) is 0.495. The summed E-state index contributed by atoms with van der Waals surface area (Å²) in [6, 6.07) is 11.5. The van der Waals surface area contributed by atoms with Crippen molar-refractivity contribution in [1.82, 2.24) is 10.3 Å². The van der Waals surface area contributed by atoms with Crippen LogP contribution in [0.25, 0.3) is 10.9 Å². The summed E-state index contributed by atoms with van der Waals surface area (Å²) >= 11 is 0. The van der Waals surface area contributed by atoms with E-state index in [1.54, 1.807) is 14.2 Å². The Morgan fingerprint density at radius 3 is 2.59 bits per heavy atom. The van der Waals surface area contributed by atoms with Gasteiger partial charge in [0.2, 0.25) is 0 Å². The number of pyridine rings is 1. The highest BCUT2D eigenvalue weighted by Gasteiger charge is 2.24. The maximum atomic E-state index is 13.1. The van der Waals surface area contributed by atoms with Gasteiger partial charge in [-0.05, 0) is 74.4 Å². The van der Waals surface area contributed by atoms with Gasteiger partial charge in [0.15, 0.2) is 18.1 Å². The first kappa shape index (κ1) is 23.5. The molecular formula is C27H30N2O5. The quantitative estimate of drug-likeness (QED) is 0.510. The number of aryl methyl sites for hydroxylation is 2. The molecule has 1 heterocycles. The standard InChI is InChI=1S/C27H30N2O5/c1-17-8-10-22-20(14-17)26(19-6-4-5-7-21(19)29-22)27(31)34-16-25(30)28-13-12-18-9-11-23(32-2)24(15-18)33-3/h8-11,14-15H,4-7,12-13,16H2,1-3H3,(H,28,30). The molecule has 0 radical (unpaired) electrons. The monoisotopic (exact) mass is 462 g/mol. The van der Waals surface area contributed by atoms with Gasteiger partial charge in [-0.25, -0.2) is 4.79 Å². The molecule has 1 amide bonds. The Kier molecular flexibility index (Phi) is 7.30. The number of methoxy groups -OCH3 is 2. The number of hydrogen-bond acceptors (Lipinski definition) is 6. The molecule has 0 unspecified atom stereocenters. The average Bonchev–Trinajstić information content (AvgIpc) is 2.85. The highest BCUT2D eigenvalue weighted by Crippen LogP contribution is 2.30. The summed E-state index contributed by atoms with van der Waals surface area (Å²) in [7, 11) is 3.17. The van der Waals surface area contributed by atoms with E-state index in [9.17, 15) is 9.59 Å². The minimum absolute atomic E-state index is 0.324. The van der Waals surface area contributed by atoms with Gasteiger partial charge in [0.1, 0.15) is 0 Å². The molecule has 0 fully saturated rings. The summed E-state index contributed by atoms with van der Waals surface area (Å²) in [6.07, 6.45) is 4.35. The zero-order valence-electron chi connectivity index (χ0n) is 19.9. The van der Waals surface area contributed by atoms with Crippen LogP contribution < -0.4 is 14.8 Å². The minimum atomic E-state index is -0.466. The lowest BCUT2D eigenvalue weighted by Crippen LogP contribution is -2.30. The Balaban J connectivity index is 1.39. The van der Waals surface area contributed by atoms with E-state index >= 15 is 0 Å². The van der Waals surface area contributed by atoms with Crippen LogP contribution in [0.2, 0.25) is 0 Å². The second-order valence-electron chi connectivity index (χ2n) is 8.51. The summed E-state index contributed by atoms with van der Waals surface area (Å²) in [4.78, 5) is 30.3. The van der Waals surface area contributed by atoms with Crippen molar-refractivity contribution in [2.24, 2.45) is 0 Å². The van der Waals surface area contributed by atoms with Crippen molar-refractivity contribution >= 4 is 22.8 Å². The van der Waals surface area contributed by atoms with Gasteiger partial charge in [-0.1, -0.05) is 17.7 Å². The summed E-state index contributed by atoms with van der Waals surface area (Å²) in [6.45, 7) is 2.08. The first-order chi connectivity index (χ1) is 16.5. The Morgan fingerprint density at radius 2 is 1.79 bits per heavy atom. The molecule has 2 aromatic carbocycles. The predicted octanol–water partition coefficient (Wildman–Crippen LogP) is 3.95. The largest absolute Gasteiger partial charge is 0.493 e. The number of rotatable bonds is 8. The Bertz CT molecular complexity index is 1220. The molecule has 1 aliphatic rings. The maximum Gasteiger partial charge on any atom is 0.339 e. The Labute approximate surface area is 199 Å². The molecular weight excluding hydrogens is 432 g/mol. The molecule has 1 aromatic heterocycles. The lowest BCUT2D eigenvalue weighted by atomic mass is 9.89. The second-order valence-corrected chi connectivity index (χ2v) is 8.51. The smallest absolute Gasteiger partial charge is 0.339 e. The Morgan fingerprint density at radius 1 is 1.00 bits per heavy atom. The lowest BCUT2D eigenvalue weighted by molar-refractivity contribution is -0.124. The van der Waals surface area contributed by atoms with Gasteiger partial charge >= 0.3 is 5.97 Å². The highest BCUT2D eigenvalue weighted by molar-refractivity contribution is 6.05. The van der Waals surface area contributed by atoms with Crippen molar-refractivity contribution in [3.05, 3.63) is 64.3 Å². The number of aromatic nitrogens is 1. The van der Waals surface area contributed by atoms with Gasteiger partial charge in [-0.3, -0.25) is 9.78 Å². The molecule has 0 saturated carbocycles. The molecule has 0 aliphatic heterocycles. The molecule has 7 heteroatoms. The van der Waals surface area contributed by atoms with E-state index in [0.717, 1.165) is 59.0 Å². The van der Waals surface area contributed by atoms with Crippen LogP contribution in [0.3, 0.4) is 0 Å². The van der Waals surface area contributed by atoms with Crippen molar-refractivity contribution in [2.75, 3.05) is 27.4 Å². The SMILES string of the molecule is COc1ccc(CCNC(=O)COC(=O)c2c3c(nc4ccc(C)cc24)CCCC3)cc1OC. The fourth-order valence-corrected chi connectivity index (χ4v) is 4.41. The molecule has 0 bridgehead atoms. The van der Waals surface area contributed by atoms with Crippen LogP contribution in [-0.4, -0.2) is 44.2 Å². The van der Waals surface area contributed by atoms with Crippen LogP contribution in [0, 0.1) is 6.92 Å². The maximum absolute atomic E-state index is 13.1. The number of fused-ring (bicyclic) bond motifs is 2. The van der Waals surface area contributed by atoms with E-state index in [4.69, 9.17) is 19.2 Å². The molecule has 3 aromatic rings. The van der Waals surface area contributed by atoms with Gasteiger partial charge in [0.05, 0.1) is 25.3 Å². The van der Waals surface area contributed by atoms with Crippen LogP contribution in [0.4, 0.5) is 0 Å². The molecule has 0 atom stereocenters. The number of esters is 1. The molecule has 0 saturated heterocycles. The average molecular weight is 463 g/mol. The predicted molar refractivity (Wildman–Crippen MR) is 130 cm³/mol. The van der Waals surface area contributed by atoms with Gasteiger partial charge in [0, 0.05) is 17.6 Å². The Hall–Kier alpha value is -3.61. The molecule has 4 rings (SSSR count). The van der Waals surface area contributed by atoms with E-state index in [1.807, 2.05) is 43.3 Å². The van der Waals surface area contributed by atoms with Crippen molar-refractivity contribution in [3.63, 3.8) is 0 Å². The van der Waals surface area contributed by atoms with E-state index < -0.39 is 5.97 Å². The lowest BCUT2D eigenvalue weighted by Gasteiger charge is -2.20. The molecule has 1 N–H and O–H groups in total. The van der Waals surface area contributed by atoms with Crippen LogP contribution in [0.1, 0.15) is 45.6 Å². The first-order valence-electron chi connectivity index (χ1n) is 11.6. The highest BCUT2D eigenvalue weighted by atomic mass is 16.5. The minimum Gasteiger partial charge on any atom is -0.493 e. The fourth-order valence-electron chi connectivity index (χ4n) is 4.41. The number of nitrogens with zero attached hydrogens (tertiary/aromatic N) is 1. The molecule has 1 aliphatic carbocycles. The number of amides is 1. The second kappa shape index (κ2) is 10.5. The van der Waals surface area contributed by atoms with Crippen molar-refractivity contribution in [3.8, 4) is 11.5 Å². The fraction of sp³-hybridized carbons (Fsp3) is 0.370. The van der Waals surface area contributed by atoms with Crippen LogP contribution >= 0.6 is 0 Å². The topological polar surface area (TPSA) is 86.8 Å². The third-order valence-electron chi connectivity index (χ3n) is 6.14. The van der Waals surface area contributed by atoms with Gasteiger partial charge in [-0.2, -0.15) is 0 Å². The number of ether oxygens (including phenoxy) is 3. The number of benzene rings is 2. The van der Waals surface area contributed by atoms with E-state index in [0.29, 0.717) is 30.0 Å². The van der Waals surface area contributed by atoms with Crippen LogP contribution in [0.15, 0.2) is 36.4 Å². The molecule has 178 valence electrons. The van der Waals surface area contributed by atoms with E-state index in [-0.39, 0.29) is 12.5 Å². The van der Waals surface area contributed by atoms with Crippen molar-refractivity contribution in [2.45, 2.75) is 39.0 Å². The summed E-state index contributed by atoms with van der Waals surface area (Å²) in [5, 5.41) is 3.60. The third-order valence-corrected chi connectivity index (χ3v) is 6.14. The van der Waals surface area contributed by atoms with Crippen LogP contribution in [-0.2, 0) is 28.8 Å². The molecule has 0 spiro atoms. The number of carbonyl (C=O) groups is 2. The van der Waals surface area contributed by atoms with E-state index in [2.05, 4.69) is 5.32 Å². The zero-order valence-corrected chi connectivity index (χ0v) is 19.9. The van der Waals surface area contributed by atoms with Crippen molar-refractivity contribution < 1.29 is 23.8 Å². The van der Waals surface area contributed by atoms with Gasteiger partial charge in [0.25, 0.3) is 5.91 Å². The number of hydrogen-bond donors (Lipinski definition) is 1. The van der Waals surface area contributed by atoms with Crippen molar-refractivity contribution in [1.29, 1.82) is 0 Å². The van der Waals surface area contributed by atoms with Gasteiger partial charge < -0.3 is 19.5 Å². The van der Waals surface area contributed by atoms with E-state index in [1.165, 1.54) is 0 Å². The first-order valence-corrected chi connectivity index (χ1v) is 11.6. The van der Waals surface area contributed by atoms with Crippen LogP contribution in [0.5, 0.6) is 11.5 Å². The summed E-state index contributed by atoms with van der Waals surface area (Å²) < 4.78 is 16.0.